The van der Waals surface area contributed by atoms with Crippen molar-refractivity contribution in [2.24, 2.45) is 0 Å². The molecule has 0 unspecified atom stereocenters. The van der Waals surface area contributed by atoms with Gasteiger partial charge >= 0.3 is 0 Å². The zero-order chi connectivity index (χ0) is 13.0. The van der Waals surface area contributed by atoms with Crippen LogP contribution >= 0.6 is 39.0 Å². The number of hydrogen-bond acceptors (Lipinski definition) is 4. The van der Waals surface area contributed by atoms with E-state index in [1.165, 1.54) is 4.88 Å². The van der Waals surface area contributed by atoms with Gasteiger partial charge in [-0.2, -0.15) is 5.26 Å². The van der Waals surface area contributed by atoms with Gasteiger partial charge in [0, 0.05) is 14.2 Å². The van der Waals surface area contributed by atoms with Gasteiger partial charge in [0.2, 0.25) is 0 Å². The molecule has 1 aromatic heterocycles. The second kappa shape index (κ2) is 6.28. The van der Waals surface area contributed by atoms with Crippen LogP contribution in [-0.4, -0.2) is 6.26 Å². The van der Waals surface area contributed by atoms with E-state index in [-0.39, 0.29) is 0 Å². The lowest BCUT2D eigenvalue weighted by Gasteiger charge is -2.09. The molecule has 1 aromatic carbocycles. The third-order valence-electron chi connectivity index (χ3n) is 2.49. The van der Waals surface area contributed by atoms with Crippen LogP contribution in [0.4, 0.5) is 5.69 Å². The van der Waals surface area contributed by atoms with E-state index in [1.807, 2.05) is 35.9 Å². The largest absolute Gasteiger partial charge is 0.379 e. The number of benzene rings is 1. The molecule has 0 bridgehead atoms. The van der Waals surface area contributed by atoms with Gasteiger partial charge in [0.15, 0.2) is 0 Å². The molecule has 92 valence electrons. The fraction of sp³-hybridized carbons (Fsp3) is 0.154. The lowest BCUT2D eigenvalue weighted by molar-refractivity contribution is 1.17. The van der Waals surface area contributed by atoms with Crippen molar-refractivity contribution in [2.75, 3.05) is 11.6 Å². The average Bonchev–Trinajstić information content (AvgIpc) is 2.81. The zero-order valence-corrected chi connectivity index (χ0v) is 13.0. The van der Waals surface area contributed by atoms with Crippen LogP contribution in [0, 0.1) is 11.3 Å². The van der Waals surface area contributed by atoms with Gasteiger partial charge in [0.25, 0.3) is 0 Å². The molecule has 5 heteroatoms. The van der Waals surface area contributed by atoms with Crippen molar-refractivity contribution >= 4 is 44.7 Å². The van der Waals surface area contributed by atoms with Crippen LogP contribution in [0.25, 0.3) is 0 Å². The number of nitriles is 1. The van der Waals surface area contributed by atoms with E-state index in [0.29, 0.717) is 0 Å². The molecule has 0 fully saturated rings. The van der Waals surface area contributed by atoms with Crippen LogP contribution in [0.3, 0.4) is 0 Å². The maximum absolute atomic E-state index is 9.23. The second-order valence-electron chi connectivity index (χ2n) is 3.54. The van der Waals surface area contributed by atoms with Gasteiger partial charge in [0.1, 0.15) is 6.07 Å². The Bertz CT molecular complexity index is 587. The molecule has 0 amide bonds. The van der Waals surface area contributed by atoms with Crippen LogP contribution in [0.15, 0.2) is 39.0 Å². The Balaban J connectivity index is 2.20. The third-order valence-corrected chi connectivity index (χ3v) is 5.19. The van der Waals surface area contributed by atoms with Crippen molar-refractivity contribution < 1.29 is 0 Å². The number of thioether (sulfide) groups is 1. The molecule has 2 rings (SSSR count). The Kier molecular flexibility index (Phi) is 4.70. The maximum Gasteiger partial charge on any atom is 0.102 e. The summed E-state index contributed by atoms with van der Waals surface area (Å²) in [4.78, 5) is 2.24. The zero-order valence-electron chi connectivity index (χ0n) is 9.74. The lowest BCUT2D eigenvalue weighted by atomic mass is 10.2. The summed E-state index contributed by atoms with van der Waals surface area (Å²) < 4.78 is 1.11. The molecule has 0 saturated heterocycles. The number of anilines is 1. The van der Waals surface area contributed by atoms with Crippen molar-refractivity contribution in [3.8, 4) is 6.07 Å². The van der Waals surface area contributed by atoms with Gasteiger partial charge in [-0.1, -0.05) is 6.07 Å². The summed E-state index contributed by atoms with van der Waals surface area (Å²) in [5.74, 6) is 0. The first-order valence-electron chi connectivity index (χ1n) is 5.29. The van der Waals surface area contributed by atoms with Crippen molar-refractivity contribution in [2.45, 2.75) is 11.4 Å². The number of nitrogens with zero attached hydrogens (tertiary/aromatic N) is 1. The monoisotopic (exact) mass is 338 g/mol. The minimum Gasteiger partial charge on any atom is -0.379 e. The van der Waals surface area contributed by atoms with E-state index >= 15 is 0 Å². The standard InChI is InChI=1S/C13H11BrN2S2/c1-17-12-4-2-3-11(9(12)7-15)16-8-13-10(14)5-6-18-13/h2-6,16H,8H2,1H3. The summed E-state index contributed by atoms with van der Waals surface area (Å²) in [6, 6.07) is 10.2. The predicted octanol–water partition coefficient (Wildman–Crippen LogP) is 4.72. The Labute approximate surface area is 123 Å². The molecule has 2 nitrogen and oxygen atoms in total. The molecule has 1 N–H and O–H groups in total. The van der Waals surface area contributed by atoms with Crippen molar-refractivity contribution in [1.82, 2.24) is 0 Å². The summed E-state index contributed by atoms with van der Waals surface area (Å²) in [5.41, 5.74) is 1.61. The Hall–Kier alpha value is -0.960. The van der Waals surface area contributed by atoms with Gasteiger partial charge in [-0.15, -0.1) is 23.1 Å². The molecule has 0 spiro atoms. The highest BCUT2D eigenvalue weighted by Gasteiger charge is 2.08. The van der Waals surface area contributed by atoms with E-state index < -0.39 is 0 Å². The van der Waals surface area contributed by atoms with Crippen LogP contribution in [-0.2, 0) is 6.54 Å². The van der Waals surface area contributed by atoms with Crippen LogP contribution < -0.4 is 5.32 Å². The fourth-order valence-corrected chi connectivity index (χ4v) is 3.60. The topological polar surface area (TPSA) is 35.8 Å². The Morgan fingerprint density at radius 2 is 2.28 bits per heavy atom. The second-order valence-corrected chi connectivity index (χ2v) is 6.24. The molecule has 2 aromatic rings. The molecule has 18 heavy (non-hydrogen) atoms. The van der Waals surface area contributed by atoms with Crippen molar-refractivity contribution in [3.05, 3.63) is 44.6 Å². The number of thiophene rings is 1. The highest BCUT2D eigenvalue weighted by molar-refractivity contribution is 9.10. The molecular weight excluding hydrogens is 328 g/mol. The van der Waals surface area contributed by atoms with E-state index in [2.05, 4.69) is 27.3 Å². The highest BCUT2D eigenvalue weighted by atomic mass is 79.9. The number of rotatable bonds is 4. The van der Waals surface area contributed by atoms with Gasteiger partial charge in [-0.3, -0.25) is 0 Å². The first-order valence-corrected chi connectivity index (χ1v) is 8.19. The summed E-state index contributed by atoms with van der Waals surface area (Å²) >= 11 is 6.79. The van der Waals surface area contributed by atoms with Crippen LogP contribution in [0.2, 0.25) is 0 Å². The van der Waals surface area contributed by atoms with Gasteiger partial charge in [-0.05, 0) is 45.8 Å². The van der Waals surface area contributed by atoms with Crippen molar-refractivity contribution in [3.63, 3.8) is 0 Å². The summed E-state index contributed by atoms with van der Waals surface area (Å²) in [5, 5.41) is 14.6. The van der Waals surface area contributed by atoms with Crippen LogP contribution in [0.5, 0.6) is 0 Å². The smallest absolute Gasteiger partial charge is 0.102 e. The first kappa shape index (κ1) is 13.5. The quantitative estimate of drug-likeness (QED) is 0.819. The van der Waals surface area contributed by atoms with E-state index in [4.69, 9.17) is 0 Å². The Morgan fingerprint density at radius 1 is 1.44 bits per heavy atom. The molecule has 0 radical (unpaired) electrons. The summed E-state index contributed by atoms with van der Waals surface area (Å²) in [6.45, 7) is 0.727. The SMILES string of the molecule is CSc1cccc(NCc2sccc2Br)c1C#N. The van der Waals surface area contributed by atoms with Gasteiger partial charge < -0.3 is 5.32 Å². The van der Waals surface area contributed by atoms with E-state index in [9.17, 15) is 5.26 Å². The summed E-state index contributed by atoms with van der Waals surface area (Å²) in [6.07, 6.45) is 1.98. The molecule has 0 aliphatic carbocycles. The highest BCUT2D eigenvalue weighted by Crippen LogP contribution is 2.28. The third kappa shape index (κ3) is 2.89. The minimum absolute atomic E-state index is 0.720. The van der Waals surface area contributed by atoms with E-state index in [0.717, 1.165) is 27.2 Å². The molecule has 0 aliphatic heterocycles. The minimum atomic E-state index is 0.720. The number of hydrogen-bond donors (Lipinski definition) is 1. The first-order chi connectivity index (χ1) is 8.76. The average molecular weight is 339 g/mol. The molecule has 1 heterocycles. The van der Waals surface area contributed by atoms with Gasteiger partial charge in [-0.25, -0.2) is 0 Å². The normalized spacial score (nSPS) is 10.1. The maximum atomic E-state index is 9.23. The fourth-order valence-electron chi connectivity index (χ4n) is 1.59. The predicted molar refractivity (Wildman–Crippen MR) is 82.3 cm³/mol. The van der Waals surface area contributed by atoms with Crippen molar-refractivity contribution in [1.29, 1.82) is 5.26 Å². The van der Waals surface area contributed by atoms with E-state index in [1.54, 1.807) is 23.1 Å². The summed E-state index contributed by atoms with van der Waals surface area (Å²) in [7, 11) is 0. The molecule has 0 saturated carbocycles. The number of halogens is 1. The van der Waals surface area contributed by atoms with Crippen LogP contribution in [0.1, 0.15) is 10.4 Å². The molecule has 0 atom stereocenters. The Morgan fingerprint density at radius 3 is 2.89 bits per heavy atom. The number of nitrogens with one attached hydrogen (secondary N) is 1. The van der Waals surface area contributed by atoms with Gasteiger partial charge in [0.05, 0.1) is 17.8 Å². The molecular formula is C13H11BrN2S2. The lowest BCUT2D eigenvalue weighted by Crippen LogP contribution is -2.00. The molecule has 0 aliphatic rings.